The Hall–Kier alpha value is -1.52. The van der Waals surface area contributed by atoms with Crippen LogP contribution in [0.1, 0.15) is 42.7 Å². The number of carbonyl (C=O) groups excluding carboxylic acids is 1. The molecule has 1 aromatic heterocycles. The van der Waals surface area contributed by atoms with Gasteiger partial charge < -0.3 is 10.1 Å². The van der Waals surface area contributed by atoms with E-state index in [2.05, 4.69) is 10.4 Å². The van der Waals surface area contributed by atoms with Gasteiger partial charge in [-0.3, -0.25) is 0 Å². The molecule has 1 aromatic rings. The van der Waals surface area contributed by atoms with Crippen LogP contribution in [0.5, 0.6) is 0 Å². The summed E-state index contributed by atoms with van der Waals surface area (Å²) in [6.45, 7) is 3.19. The van der Waals surface area contributed by atoms with Crippen LogP contribution in [-0.4, -0.2) is 28.9 Å². The third kappa shape index (κ3) is 1.69. The molecule has 0 aromatic carbocycles. The molecule has 5 nitrogen and oxygen atoms in total. The number of rotatable bonds is 2. The number of hydrogen-bond acceptors (Lipinski definition) is 4. The third-order valence-electron chi connectivity index (χ3n) is 3.70. The summed E-state index contributed by atoms with van der Waals surface area (Å²) in [5, 5.41) is 7.74. The van der Waals surface area contributed by atoms with Crippen molar-refractivity contribution in [3.8, 4) is 0 Å². The van der Waals surface area contributed by atoms with Crippen molar-refractivity contribution in [2.24, 2.45) is 5.92 Å². The molecule has 0 radical (unpaired) electrons. The lowest BCUT2D eigenvalue weighted by Crippen LogP contribution is -2.29. The standard InChI is InChI=1S/C12H17N3O2/c1-2-17-12(16)9-6-11-13-7-8-4-3-5-10(8)15(11)14-9/h6,8,10,13H,2-5,7H2,1H3. The summed E-state index contributed by atoms with van der Waals surface area (Å²) < 4.78 is 6.95. The maximum atomic E-state index is 11.6. The lowest BCUT2D eigenvalue weighted by Gasteiger charge is -2.28. The van der Waals surface area contributed by atoms with Gasteiger partial charge >= 0.3 is 5.97 Å². The van der Waals surface area contributed by atoms with Crippen molar-refractivity contribution in [3.63, 3.8) is 0 Å². The molecule has 0 amide bonds. The quantitative estimate of drug-likeness (QED) is 0.794. The molecule has 5 heteroatoms. The summed E-state index contributed by atoms with van der Waals surface area (Å²) in [4.78, 5) is 11.6. The van der Waals surface area contributed by atoms with Crippen molar-refractivity contribution >= 4 is 11.8 Å². The first kappa shape index (κ1) is 10.6. The number of aromatic nitrogens is 2. The minimum Gasteiger partial charge on any atom is -0.461 e. The van der Waals surface area contributed by atoms with Crippen LogP contribution in [0, 0.1) is 5.92 Å². The SMILES string of the molecule is CCOC(=O)c1cc2n(n1)C1CCCC1CN2. The van der Waals surface area contributed by atoms with Crippen LogP contribution in [0.4, 0.5) is 5.82 Å². The van der Waals surface area contributed by atoms with Gasteiger partial charge in [0, 0.05) is 12.6 Å². The molecule has 1 N–H and O–H groups in total. The molecule has 2 unspecified atom stereocenters. The fourth-order valence-electron chi connectivity index (χ4n) is 2.90. The highest BCUT2D eigenvalue weighted by molar-refractivity contribution is 5.88. The number of fused-ring (bicyclic) bond motifs is 3. The number of hydrogen-bond donors (Lipinski definition) is 1. The average molecular weight is 235 g/mol. The van der Waals surface area contributed by atoms with E-state index in [1.165, 1.54) is 19.3 Å². The molecule has 1 fully saturated rings. The molecule has 1 aliphatic heterocycles. The van der Waals surface area contributed by atoms with Gasteiger partial charge in [-0.25, -0.2) is 9.48 Å². The fourth-order valence-corrected chi connectivity index (χ4v) is 2.90. The van der Waals surface area contributed by atoms with Gasteiger partial charge in [-0.2, -0.15) is 5.10 Å². The van der Waals surface area contributed by atoms with Crippen LogP contribution in [0.15, 0.2) is 6.07 Å². The zero-order valence-electron chi connectivity index (χ0n) is 9.98. The number of ether oxygens (including phenoxy) is 1. The Morgan fingerprint density at radius 2 is 2.53 bits per heavy atom. The predicted octanol–water partition coefficient (Wildman–Crippen LogP) is 1.83. The Morgan fingerprint density at radius 3 is 3.35 bits per heavy atom. The second-order valence-electron chi connectivity index (χ2n) is 4.72. The summed E-state index contributed by atoms with van der Waals surface area (Å²) in [5.41, 5.74) is 0.418. The van der Waals surface area contributed by atoms with Gasteiger partial charge in [-0.15, -0.1) is 0 Å². The summed E-state index contributed by atoms with van der Waals surface area (Å²) in [6.07, 6.45) is 3.68. The number of anilines is 1. The molecular formula is C12H17N3O2. The van der Waals surface area contributed by atoms with Gasteiger partial charge in [0.1, 0.15) is 5.82 Å². The summed E-state index contributed by atoms with van der Waals surface area (Å²) in [6, 6.07) is 2.27. The van der Waals surface area contributed by atoms with Gasteiger partial charge in [0.05, 0.1) is 12.6 Å². The average Bonchev–Trinajstić information content (AvgIpc) is 2.94. The van der Waals surface area contributed by atoms with Gasteiger partial charge in [0.15, 0.2) is 5.69 Å². The monoisotopic (exact) mass is 235 g/mol. The first-order chi connectivity index (χ1) is 8.29. The lowest BCUT2D eigenvalue weighted by atomic mass is 10.0. The van der Waals surface area contributed by atoms with Crippen molar-refractivity contribution in [2.75, 3.05) is 18.5 Å². The number of esters is 1. The van der Waals surface area contributed by atoms with Crippen LogP contribution in [0.3, 0.4) is 0 Å². The molecule has 92 valence electrons. The highest BCUT2D eigenvalue weighted by atomic mass is 16.5. The molecule has 0 saturated heterocycles. The number of nitrogens with one attached hydrogen (secondary N) is 1. The van der Waals surface area contributed by atoms with Crippen molar-refractivity contribution in [2.45, 2.75) is 32.2 Å². The highest BCUT2D eigenvalue weighted by Crippen LogP contribution is 2.40. The van der Waals surface area contributed by atoms with Crippen LogP contribution in [0.2, 0.25) is 0 Å². The number of nitrogens with zero attached hydrogens (tertiary/aromatic N) is 2. The second kappa shape index (κ2) is 4.05. The number of carbonyl (C=O) groups is 1. The van der Waals surface area contributed by atoms with E-state index < -0.39 is 0 Å². The van der Waals surface area contributed by atoms with E-state index >= 15 is 0 Å². The Labute approximate surface area is 100 Å². The molecule has 1 aliphatic carbocycles. The van der Waals surface area contributed by atoms with E-state index in [1.807, 2.05) is 4.68 Å². The molecule has 2 atom stereocenters. The predicted molar refractivity (Wildman–Crippen MR) is 63.1 cm³/mol. The molecule has 17 heavy (non-hydrogen) atoms. The lowest BCUT2D eigenvalue weighted by molar-refractivity contribution is 0.0518. The molecule has 0 spiro atoms. The second-order valence-corrected chi connectivity index (χ2v) is 4.72. The van der Waals surface area contributed by atoms with Crippen molar-refractivity contribution < 1.29 is 9.53 Å². The first-order valence-corrected chi connectivity index (χ1v) is 6.30. The van der Waals surface area contributed by atoms with E-state index in [4.69, 9.17) is 4.74 Å². The Balaban J connectivity index is 1.89. The van der Waals surface area contributed by atoms with Gasteiger partial charge in [0.25, 0.3) is 0 Å². The van der Waals surface area contributed by atoms with Crippen molar-refractivity contribution in [3.05, 3.63) is 11.8 Å². The zero-order valence-corrected chi connectivity index (χ0v) is 9.98. The Bertz CT molecular complexity index is 441. The van der Waals surface area contributed by atoms with E-state index in [-0.39, 0.29) is 5.97 Å². The van der Waals surface area contributed by atoms with E-state index in [0.717, 1.165) is 12.4 Å². The van der Waals surface area contributed by atoms with Crippen molar-refractivity contribution in [1.29, 1.82) is 0 Å². The minimum absolute atomic E-state index is 0.328. The molecule has 1 saturated carbocycles. The first-order valence-electron chi connectivity index (χ1n) is 6.30. The normalized spacial score (nSPS) is 25.9. The van der Waals surface area contributed by atoms with E-state index in [0.29, 0.717) is 24.3 Å². The molecule has 3 rings (SSSR count). The maximum Gasteiger partial charge on any atom is 0.358 e. The highest BCUT2D eigenvalue weighted by Gasteiger charge is 2.34. The topological polar surface area (TPSA) is 56.2 Å². The van der Waals surface area contributed by atoms with Gasteiger partial charge in [-0.1, -0.05) is 6.42 Å². The maximum absolute atomic E-state index is 11.6. The van der Waals surface area contributed by atoms with Crippen LogP contribution >= 0.6 is 0 Å². The van der Waals surface area contributed by atoms with Gasteiger partial charge in [0.2, 0.25) is 0 Å². The fraction of sp³-hybridized carbons (Fsp3) is 0.667. The van der Waals surface area contributed by atoms with Crippen LogP contribution < -0.4 is 5.32 Å². The Kier molecular flexibility index (Phi) is 2.53. The molecular weight excluding hydrogens is 218 g/mol. The summed E-state index contributed by atoms with van der Waals surface area (Å²) in [7, 11) is 0. The molecule has 2 heterocycles. The molecule has 0 bridgehead atoms. The Morgan fingerprint density at radius 1 is 1.65 bits per heavy atom. The summed E-state index contributed by atoms with van der Waals surface area (Å²) >= 11 is 0. The van der Waals surface area contributed by atoms with E-state index in [1.54, 1.807) is 13.0 Å². The molecule has 2 aliphatic rings. The largest absolute Gasteiger partial charge is 0.461 e. The third-order valence-corrected chi connectivity index (χ3v) is 3.70. The van der Waals surface area contributed by atoms with Crippen LogP contribution in [0.25, 0.3) is 0 Å². The van der Waals surface area contributed by atoms with Crippen molar-refractivity contribution in [1.82, 2.24) is 9.78 Å². The smallest absolute Gasteiger partial charge is 0.358 e. The zero-order chi connectivity index (χ0) is 11.8. The summed E-state index contributed by atoms with van der Waals surface area (Å²) in [5.74, 6) is 1.29. The van der Waals surface area contributed by atoms with Crippen LogP contribution in [-0.2, 0) is 4.74 Å². The van der Waals surface area contributed by atoms with Gasteiger partial charge in [-0.05, 0) is 25.7 Å². The van der Waals surface area contributed by atoms with E-state index in [9.17, 15) is 4.79 Å². The minimum atomic E-state index is -0.328.